The Morgan fingerprint density at radius 1 is 0.701 bits per heavy atom. The van der Waals surface area contributed by atoms with Crippen LogP contribution in [-0.4, -0.2) is 97.5 Å². The molecule has 24 nitrogen and oxygen atoms in total. The maximum absolute atomic E-state index is 13.4. The highest BCUT2D eigenvalue weighted by Gasteiger charge is 2.29. The molecule has 7 rings (SSSR count). The van der Waals surface area contributed by atoms with E-state index in [2.05, 4.69) is 51.5 Å². The van der Waals surface area contributed by atoms with Crippen LogP contribution in [0.1, 0.15) is 63.8 Å². The first-order chi connectivity index (χ1) is 41.8. The number of hydrogen-bond acceptors (Lipinski definition) is 23. The van der Waals surface area contributed by atoms with Gasteiger partial charge in [0.1, 0.15) is 44.4 Å². The van der Waals surface area contributed by atoms with Gasteiger partial charge in [0.2, 0.25) is 17.6 Å². The van der Waals surface area contributed by atoms with E-state index >= 15 is 0 Å². The fraction of sp³-hybridized carbons (Fsp3) is 0.237. The van der Waals surface area contributed by atoms with Crippen molar-refractivity contribution in [2.45, 2.75) is 58.5 Å². The summed E-state index contributed by atoms with van der Waals surface area (Å²) < 4.78 is 48.3. The third-order valence-corrected chi connectivity index (χ3v) is 16.4. The number of aromatic nitrogens is 3. The summed E-state index contributed by atoms with van der Waals surface area (Å²) in [6, 6.07) is 27.0. The lowest BCUT2D eigenvalue weighted by molar-refractivity contribution is -0.120. The molecule has 0 unspecified atom stereocenters. The van der Waals surface area contributed by atoms with Crippen molar-refractivity contribution in [2.75, 3.05) is 77.2 Å². The molecule has 0 aliphatic heterocycles. The smallest absolute Gasteiger partial charge is 0.297 e. The molecule has 2 amide bonds. The van der Waals surface area contributed by atoms with Crippen LogP contribution >= 0.6 is 34.4 Å². The van der Waals surface area contributed by atoms with E-state index in [1.807, 2.05) is 39.5 Å². The molecule has 0 radical (unpaired) electrons. The Bertz CT molecular complexity index is 4050. The lowest BCUT2D eigenvalue weighted by atomic mass is 10.1. The van der Waals surface area contributed by atoms with Gasteiger partial charge in [0.25, 0.3) is 21.9 Å². The summed E-state index contributed by atoms with van der Waals surface area (Å²) in [6.07, 6.45) is 2.38. The number of benzene rings is 4. The zero-order valence-electron chi connectivity index (χ0n) is 48.6. The Kier molecular flexibility index (Phi) is 22.3. The first-order valence-electron chi connectivity index (χ1n) is 26.7. The molecule has 0 aliphatic rings. The molecular weight excluding hydrogens is 1190 g/mol. The molecule has 0 fully saturated rings. The van der Waals surface area contributed by atoms with Gasteiger partial charge in [0, 0.05) is 54.6 Å². The molecule has 3 heterocycles. The summed E-state index contributed by atoms with van der Waals surface area (Å²) in [5.74, 6) is -1.29. The molecule has 87 heavy (non-hydrogen) atoms. The Labute approximate surface area is 514 Å². The first-order valence-corrected chi connectivity index (χ1v) is 30.8. The Hall–Kier alpha value is -9.71. The quantitative estimate of drug-likeness (QED) is 0.00607. The van der Waals surface area contributed by atoms with Crippen molar-refractivity contribution < 1.29 is 41.6 Å². The number of azo groups is 2. The number of Topliss-reactive ketones (excluding diaryl/α,β-unsaturated/α-hetero) is 2. The molecule has 28 heteroatoms. The van der Waals surface area contributed by atoms with Crippen LogP contribution in [0.25, 0.3) is 17.0 Å². The van der Waals surface area contributed by atoms with E-state index in [9.17, 15) is 37.4 Å². The van der Waals surface area contributed by atoms with E-state index in [0.717, 1.165) is 24.3 Å². The number of carbonyl (C=O) groups is 4. The zero-order valence-corrected chi connectivity index (χ0v) is 51.9. The topological polar surface area (TPSA) is 312 Å². The number of rotatable bonds is 27. The molecule has 5 N–H and O–H groups in total. The lowest BCUT2D eigenvalue weighted by Crippen LogP contribution is -2.22. The van der Waals surface area contributed by atoms with Crippen molar-refractivity contribution in [3.63, 3.8) is 0 Å². The highest BCUT2D eigenvalue weighted by atomic mass is 32.2. The van der Waals surface area contributed by atoms with E-state index in [0.29, 0.717) is 93.2 Å². The van der Waals surface area contributed by atoms with Crippen molar-refractivity contribution in [3.05, 3.63) is 129 Å². The monoisotopic (exact) mass is 1250 g/mol. The number of thioether (sulfide) groups is 1. The van der Waals surface area contributed by atoms with Gasteiger partial charge in [-0.1, -0.05) is 55.1 Å². The van der Waals surface area contributed by atoms with Gasteiger partial charge < -0.3 is 40.5 Å². The number of nitriles is 1. The SMILES string of the molecule is [C-]#[N+]c1cc(/C=C(\C(C)=O)C(=O)Nc2ccccc2)sc1N=Nc1cc(OC)c(N(CC)CC)cc1Nc1nc(Nc2cc(N(CC)CC)c(OC)cc2N=Nc2sc(/C=C(/C(C)=O)C(=O)Nc3ccccc3)c(S(=O)(=O)O)c2C#N)nc(SCC)n1. The van der Waals surface area contributed by atoms with Crippen LogP contribution in [0.5, 0.6) is 11.5 Å². The second-order valence-corrected chi connectivity index (χ2v) is 22.8. The lowest BCUT2D eigenvalue weighted by Gasteiger charge is -2.25. The third-order valence-electron chi connectivity index (χ3n) is 12.6. The Balaban J connectivity index is 1.32. The standard InChI is InChI=1S/C59H59N15O9S4/c1-11-73(12-2)47-29-42(44(31-49(47)82-9)69-71-55-41(33-60)52(87(79,80)81)51(86-55)28-40(35(7)76)54(78)63-37-24-20-17-21-25-37)64-57-66-58(68-59(67-57)84-15-5)65-43-30-48(74(13-3)14-4)50(83-10)32-45(43)70-72-56-46(61-8)27-38(85-56)26-39(34(6)75)53(77)62-36-22-18-16-19-23-36/h16-32H,11-15H2,1-7,9-10H3,(H,62,77)(H,63,78)(H,79,80,81)(H2,64,65,66,67,68)/b39-26+,40-28-,71-69?,72-70?. The van der Waals surface area contributed by atoms with E-state index in [-0.39, 0.29) is 55.1 Å². The van der Waals surface area contributed by atoms with Crippen LogP contribution in [-0.2, 0) is 29.3 Å². The van der Waals surface area contributed by atoms with Gasteiger partial charge in [0.05, 0.1) is 59.6 Å². The molecule has 0 saturated carbocycles. The third kappa shape index (κ3) is 16.2. The fourth-order valence-corrected chi connectivity index (χ4v) is 12.0. The molecule has 0 aliphatic carbocycles. The highest BCUT2D eigenvalue weighted by molar-refractivity contribution is 7.99. The normalized spacial score (nSPS) is 11.7. The summed E-state index contributed by atoms with van der Waals surface area (Å²) in [5.41, 5.74) is 2.01. The Morgan fingerprint density at radius 3 is 1.59 bits per heavy atom. The number of anilines is 8. The van der Waals surface area contributed by atoms with Crippen molar-refractivity contribution in [1.29, 1.82) is 5.26 Å². The molecule has 4 aromatic carbocycles. The largest absolute Gasteiger partial charge is 0.494 e. The van der Waals surface area contributed by atoms with Gasteiger partial charge in [-0.2, -0.15) is 33.7 Å². The molecule has 7 aromatic rings. The number of nitrogens with one attached hydrogen (secondary N) is 4. The van der Waals surface area contributed by atoms with Crippen LogP contribution in [0.15, 0.2) is 133 Å². The number of methoxy groups -OCH3 is 2. The molecule has 0 atom stereocenters. The number of amides is 2. The number of ether oxygens (including phenoxy) is 2. The van der Waals surface area contributed by atoms with Gasteiger partial charge in [-0.15, -0.1) is 38.0 Å². The minimum atomic E-state index is -5.18. The van der Waals surface area contributed by atoms with Gasteiger partial charge in [0.15, 0.2) is 21.7 Å². The van der Waals surface area contributed by atoms with Crippen LogP contribution in [0, 0.1) is 17.9 Å². The summed E-state index contributed by atoms with van der Waals surface area (Å²) in [6.45, 7) is 22.5. The van der Waals surface area contributed by atoms with Crippen molar-refractivity contribution in [3.8, 4) is 17.6 Å². The highest BCUT2D eigenvalue weighted by Crippen LogP contribution is 2.46. The minimum absolute atomic E-state index is 0.0138. The van der Waals surface area contributed by atoms with Crippen LogP contribution in [0.2, 0.25) is 0 Å². The molecule has 0 bridgehead atoms. The molecule has 3 aromatic heterocycles. The van der Waals surface area contributed by atoms with Gasteiger partial charge in [-0.25, -0.2) is 4.85 Å². The fourth-order valence-electron chi connectivity index (χ4n) is 8.45. The number of carbonyl (C=O) groups excluding carboxylic acids is 4. The number of ketones is 2. The van der Waals surface area contributed by atoms with Crippen LogP contribution < -0.4 is 40.5 Å². The van der Waals surface area contributed by atoms with E-state index < -0.39 is 49.5 Å². The summed E-state index contributed by atoms with van der Waals surface area (Å²) in [7, 11) is -2.19. The number of para-hydroxylation sites is 2. The van der Waals surface area contributed by atoms with Crippen molar-refractivity contribution >= 4 is 153 Å². The minimum Gasteiger partial charge on any atom is -0.494 e. The van der Waals surface area contributed by atoms with E-state index in [4.69, 9.17) is 31.0 Å². The van der Waals surface area contributed by atoms with Gasteiger partial charge in [-0.05, 0) is 102 Å². The molecular formula is C59H59N15O9S4. The summed E-state index contributed by atoms with van der Waals surface area (Å²) in [4.78, 5) is 73.6. The predicted octanol–water partition coefficient (Wildman–Crippen LogP) is 14.0. The summed E-state index contributed by atoms with van der Waals surface area (Å²) in [5, 5.41) is 40.5. The number of hydrogen-bond donors (Lipinski definition) is 5. The first kappa shape index (κ1) is 64.8. The van der Waals surface area contributed by atoms with Crippen molar-refractivity contribution in [2.24, 2.45) is 20.5 Å². The average Bonchev–Trinajstić information content (AvgIpc) is 2.00. The number of thiophene rings is 2. The maximum atomic E-state index is 13.4. The summed E-state index contributed by atoms with van der Waals surface area (Å²) >= 11 is 2.95. The van der Waals surface area contributed by atoms with Crippen LogP contribution in [0.4, 0.5) is 73.1 Å². The number of nitrogens with zero attached hydrogens (tertiary/aromatic N) is 11. The predicted molar refractivity (Wildman–Crippen MR) is 341 cm³/mol. The zero-order chi connectivity index (χ0) is 63.0. The van der Waals surface area contributed by atoms with E-state index in [1.165, 1.54) is 45.0 Å². The van der Waals surface area contributed by atoms with Gasteiger partial charge >= 0.3 is 0 Å². The van der Waals surface area contributed by atoms with E-state index in [1.54, 1.807) is 91.0 Å². The molecule has 0 saturated heterocycles. The average molecular weight is 1250 g/mol. The molecule has 448 valence electrons. The maximum Gasteiger partial charge on any atom is 0.297 e. The van der Waals surface area contributed by atoms with Gasteiger partial charge in [-0.3, -0.25) is 23.7 Å². The van der Waals surface area contributed by atoms with Crippen LogP contribution in [0.3, 0.4) is 0 Å². The Morgan fingerprint density at radius 2 is 1.17 bits per heavy atom. The second-order valence-electron chi connectivity index (χ2n) is 18.2. The molecule has 0 spiro atoms. The van der Waals surface area contributed by atoms with Crippen molar-refractivity contribution in [1.82, 2.24) is 15.0 Å². The second kappa shape index (κ2) is 29.9.